The van der Waals surface area contributed by atoms with Crippen molar-refractivity contribution in [1.29, 1.82) is 0 Å². The van der Waals surface area contributed by atoms with Crippen LogP contribution in [0.2, 0.25) is 0 Å². The molecule has 0 amide bonds. The third-order valence-corrected chi connectivity index (χ3v) is 3.53. The Labute approximate surface area is 127 Å². The summed E-state index contributed by atoms with van der Waals surface area (Å²) < 4.78 is 5.74. The summed E-state index contributed by atoms with van der Waals surface area (Å²) in [5.41, 5.74) is 9.11. The van der Waals surface area contributed by atoms with E-state index in [1.165, 1.54) is 11.3 Å². The highest BCUT2D eigenvalue weighted by molar-refractivity contribution is 5.51. The van der Waals surface area contributed by atoms with E-state index in [9.17, 15) is 0 Å². The number of ether oxygens (including phenoxy) is 1. The number of nitrogen functional groups attached to an aromatic ring is 1. The van der Waals surface area contributed by atoms with E-state index in [1.807, 2.05) is 24.3 Å². The highest BCUT2D eigenvalue weighted by Gasteiger charge is 2.04. The van der Waals surface area contributed by atoms with Crippen LogP contribution in [-0.2, 0) is 0 Å². The molecule has 0 aliphatic rings. The third kappa shape index (κ3) is 4.42. The van der Waals surface area contributed by atoms with Crippen molar-refractivity contribution >= 4 is 11.4 Å². The molecule has 0 saturated heterocycles. The zero-order valence-corrected chi connectivity index (χ0v) is 12.9. The summed E-state index contributed by atoms with van der Waals surface area (Å²) in [4.78, 5) is 2.36. The monoisotopic (exact) mass is 284 g/mol. The number of nitrogens with two attached hydrogens (primary N) is 1. The molecule has 0 unspecified atom stereocenters. The quantitative estimate of drug-likeness (QED) is 0.619. The lowest BCUT2D eigenvalue weighted by Crippen LogP contribution is -2.25. The second-order valence-corrected chi connectivity index (χ2v) is 5.16. The van der Waals surface area contributed by atoms with Gasteiger partial charge in [0.2, 0.25) is 0 Å². The van der Waals surface area contributed by atoms with E-state index in [0.717, 1.165) is 25.3 Å². The number of aryl methyl sites for hydroxylation is 1. The second-order valence-electron chi connectivity index (χ2n) is 5.16. The maximum Gasteiger partial charge on any atom is 0.142 e. The van der Waals surface area contributed by atoms with Crippen molar-refractivity contribution in [2.45, 2.75) is 20.3 Å². The molecule has 0 aromatic heterocycles. The average molecular weight is 284 g/mol. The van der Waals surface area contributed by atoms with Gasteiger partial charge in [-0.15, -0.1) is 0 Å². The van der Waals surface area contributed by atoms with E-state index >= 15 is 0 Å². The fourth-order valence-corrected chi connectivity index (χ4v) is 2.27. The van der Waals surface area contributed by atoms with Crippen LogP contribution < -0.4 is 15.4 Å². The predicted molar refractivity (Wildman–Crippen MR) is 90.0 cm³/mol. The fraction of sp³-hybridized carbons (Fsp3) is 0.333. The molecule has 2 N–H and O–H groups in total. The Kier molecular flexibility index (Phi) is 5.50. The van der Waals surface area contributed by atoms with Crippen LogP contribution in [0.25, 0.3) is 0 Å². The van der Waals surface area contributed by atoms with Gasteiger partial charge in [-0.2, -0.15) is 0 Å². The minimum Gasteiger partial charge on any atom is -0.491 e. The van der Waals surface area contributed by atoms with E-state index in [0.29, 0.717) is 12.3 Å². The van der Waals surface area contributed by atoms with Gasteiger partial charge in [0.15, 0.2) is 0 Å². The Hall–Kier alpha value is -2.16. The van der Waals surface area contributed by atoms with Gasteiger partial charge < -0.3 is 15.4 Å². The first kappa shape index (κ1) is 15.2. The van der Waals surface area contributed by atoms with E-state index in [2.05, 4.69) is 43.0 Å². The van der Waals surface area contributed by atoms with Gasteiger partial charge in [-0.05, 0) is 44.5 Å². The maximum absolute atomic E-state index is 5.86. The van der Waals surface area contributed by atoms with Crippen LogP contribution in [0.5, 0.6) is 5.75 Å². The summed E-state index contributed by atoms with van der Waals surface area (Å²) in [7, 11) is 0. The molecule has 0 fully saturated rings. The largest absolute Gasteiger partial charge is 0.491 e. The summed E-state index contributed by atoms with van der Waals surface area (Å²) in [6, 6.07) is 16.3. The molecule has 0 atom stereocenters. The SMILES string of the molecule is CCN(CCCOc1ccccc1N)c1ccc(C)cc1. The molecule has 0 aliphatic carbocycles. The van der Waals surface area contributed by atoms with Crippen molar-refractivity contribution in [3.8, 4) is 5.75 Å². The minimum absolute atomic E-state index is 0.677. The summed E-state index contributed by atoms with van der Waals surface area (Å²) in [5.74, 6) is 0.774. The van der Waals surface area contributed by atoms with E-state index in [-0.39, 0.29) is 0 Å². The molecule has 3 heteroatoms. The minimum atomic E-state index is 0.677. The number of rotatable bonds is 7. The van der Waals surface area contributed by atoms with Gasteiger partial charge in [-0.1, -0.05) is 29.8 Å². The molecule has 2 aromatic carbocycles. The lowest BCUT2D eigenvalue weighted by Gasteiger charge is -2.23. The molecule has 112 valence electrons. The number of hydrogen-bond acceptors (Lipinski definition) is 3. The van der Waals surface area contributed by atoms with Crippen molar-refractivity contribution in [3.05, 3.63) is 54.1 Å². The fourth-order valence-electron chi connectivity index (χ4n) is 2.27. The first-order valence-electron chi connectivity index (χ1n) is 7.49. The number of hydrogen-bond donors (Lipinski definition) is 1. The molecule has 0 spiro atoms. The first-order valence-corrected chi connectivity index (χ1v) is 7.49. The van der Waals surface area contributed by atoms with Gasteiger partial charge >= 0.3 is 0 Å². The zero-order chi connectivity index (χ0) is 15.1. The normalized spacial score (nSPS) is 10.4. The predicted octanol–water partition coefficient (Wildman–Crippen LogP) is 3.87. The van der Waals surface area contributed by atoms with Crippen LogP contribution in [-0.4, -0.2) is 19.7 Å². The summed E-state index contributed by atoms with van der Waals surface area (Å²) in [6.45, 7) is 6.94. The Balaban J connectivity index is 1.81. The van der Waals surface area contributed by atoms with Crippen LogP contribution in [0.15, 0.2) is 48.5 Å². The standard InChI is InChI=1S/C18H24N2O/c1-3-20(16-11-9-15(2)10-12-16)13-6-14-21-18-8-5-4-7-17(18)19/h4-5,7-12H,3,6,13-14,19H2,1-2H3. The maximum atomic E-state index is 5.86. The lowest BCUT2D eigenvalue weighted by molar-refractivity contribution is 0.313. The van der Waals surface area contributed by atoms with Gasteiger partial charge in [-0.25, -0.2) is 0 Å². The van der Waals surface area contributed by atoms with Gasteiger partial charge in [0.25, 0.3) is 0 Å². The van der Waals surface area contributed by atoms with Crippen molar-refractivity contribution in [1.82, 2.24) is 0 Å². The molecule has 2 rings (SSSR count). The molecule has 0 saturated carbocycles. The average Bonchev–Trinajstić information content (AvgIpc) is 2.50. The highest BCUT2D eigenvalue weighted by atomic mass is 16.5. The molecule has 2 aromatic rings. The summed E-state index contributed by atoms with van der Waals surface area (Å²) in [6.07, 6.45) is 0.968. The van der Waals surface area contributed by atoms with Gasteiger partial charge in [0.1, 0.15) is 5.75 Å². The van der Waals surface area contributed by atoms with Crippen LogP contribution in [0.1, 0.15) is 18.9 Å². The van der Waals surface area contributed by atoms with Crippen LogP contribution in [0, 0.1) is 6.92 Å². The molecule has 3 nitrogen and oxygen atoms in total. The number of anilines is 2. The van der Waals surface area contributed by atoms with Crippen LogP contribution >= 0.6 is 0 Å². The van der Waals surface area contributed by atoms with Crippen molar-refractivity contribution in [3.63, 3.8) is 0 Å². The van der Waals surface area contributed by atoms with Gasteiger partial charge in [-0.3, -0.25) is 0 Å². The third-order valence-electron chi connectivity index (χ3n) is 3.53. The number of nitrogens with zero attached hydrogens (tertiary/aromatic N) is 1. The van der Waals surface area contributed by atoms with Gasteiger partial charge in [0, 0.05) is 18.8 Å². The highest BCUT2D eigenvalue weighted by Crippen LogP contribution is 2.20. The van der Waals surface area contributed by atoms with Crippen molar-refractivity contribution in [2.75, 3.05) is 30.3 Å². The van der Waals surface area contributed by atoms with Crippen molar-refractivity contribution < 1.29 is 4.74 Å². The van der Waals surface area contributed by atoms with E-state index in [1.54, 1.807) is 0 Å². The van der Waals surface area contributed by atoms with Crippen LogP contribution in [0.4, 0.5) is 11.4 Å². The Morgan fingerprint density at radius 2 is 1.76 bits per heavy atom. The van der Waals surface area contributed by atoms with Crippen LogP contribution in [0.3, 0.4) is 0 Å². The Morgan fingerprint density at radius 1 is 1.05 bits per heavy atom. The topological polar surface area (TPSA) is 38.5 Å². The molecular weight excluding hydrogens is 260 g/mol. The number of benzene rings is 2. The Morgan fingerprint density at radius 3 is 2.43 bits per heavy atom. The molecule has 0 aliphatic heterocycles. The zero-order valence-electron chi connectivity index (χ0n) is 12.9. The molecule has 0 radical (unpaired) electrons. The summed E-state index contributed by atoms with van der Waals surface area (Å²) in [5, 5.41) is 0. The second kappa shape index (κ2) is 7.58. The molecule has 0 bridgehead atoms. The smallest absolute Gasteiger partial charge is 0.142 e. The summed E-state index contributed by atoms with van der Waals surface area (Å²) >= 11 is 0. The van der Waals surface area contributed by atoms with E-state index < -0.39 is 0 Å². The van der Waals surface area contributed by atoms with Crippen molar-refractivity contribution in [2.24, 2.45) is 0 Å². The molecular formula is C18H24N2O. The van der Waals surface area contributed by atoms with E-state index in [4.69, 9.17) is 10.5 Å². The first-order chi connectivity index (χ1) is 10.2. The van der Waals surface area contributed by atoms with Gasteiger partial charge in [0.05, 0.1) is 12.3 Å². The molecule has 21 heavy (non-hydrogen) atoms. The number of para-hydroxylation sites is 2. The Bertz CT molecular complexity index is 551. The molecule has 0 heterocycles. The lowest BCUT2D eigenvalue weighted by atomic mass is 10.2.